The summed E-state index contributed by atoms with van der Waals surface area (Å²) >= 11 is 6.23. The van der Waals surface area contributed by atoms with E-state index >= 15 is 4.39 Å². The minimum atomic E-state index is -3.65. The van der Waals surface area contributed by atoms with Crippen molar-refractivity contribution >= 4 is 38.4 Å². The Morgan fingerprint density at radius 3 is 2.64 bits per heavy atom. The molecule has 0 radical (unpaired) electrons. The number of hydrogen-bond donors (Lipinski definition) is 6. The van der Waals surface area contributed by atoms with Crippen molar-refractivity contribution in [1.82, 2.24) is 25.2 Å². The number of aromatic nitrogens is 3. The molecule has 11 nitrogen and oxygen atoms in total. The van der Waals surface area contributed by atoms with Crippen LogP contribution in [0.2, 0.25) is 5.02 Å². The highest BCUT2D eigenvalue weighted by Gasteiger charge is 2.18. The number of nitrogens with zero attached hydrogens (tertiary/aromatic N) is 2. The third-order valence-corrected chi connectivity index (χ3v) is 8.73. The average molecular weight is 645 g/mol. The van der Waals surface area contributed by atoms with Crippen LogP contribution in [0.25, 0.3) is 28.0 Å². The smallest absolute Gasteiger partial charge is 0.354 e. The number of guanidine groups is 1. The number of sulfone groups is 1. The minimum Gasteiger partial charge on any atom is -0.370 e. The highest BCUT2D eigenvalue weighted by molar-refractivity contribution is 7.90. The summed E-state index contributed by atoms with van der Waals surface area (Å²) < 4.78 is 41.9. The summed E-state index contributed by atoms with van der Waals surface area (Å²) in [6.07, 6.45) is 5.66. The number of nitrogens with one attached hydrogen (secondary N) is 4. The van der Waals surface area contributed by atoms with E-state index in [1.54, 1.807) is 36.5 Å². The van der Waals surface area contributed by atoms with Gasteiger partial charge in [0.2, 0.25) is 0 Å². The van der Waals surface area contributed by atoms with Gasteiger partial charge in [-0.2, -0.15) is 4.98 Å². The molecule has 0 fully saturated rings. The van der Waals surface area contributed by atoms with Crippen molar-refractivity contribution in [3.8, 4) is 16.9 Å². The topological polar surface area (TPSA) is 185 Å². The Kier molecular flexibility index (Phi) is 10.5. The van der Waals surface area contributed by atoms with Crippen molar-refractivity contribution in [3.63, 3.8) is 0 Å². The molecule has 0 saturated carbocycles. The Morgan fingerprint density at radius 1 is 1.20 bits per heavy atom. The van der Waals surface area contributed by atoms with Crippen molar-refractivity contribution in [2.24, 2.45) is 11.5 Å². The predicted octanol–water partition coefficient (Wildman–Crippen LogP) is 3.60. The summed E-state index contributed by atoms with van der Waals surface area (Å²) in [6.45, 7) is 4.65. The zero-order chi connectivity index (χ0) is 32.2. The standard InChI is InChI=1S/C30H38ClFN8O3S/c1-17(33)5-4-6-19-11-23(27(32)24(31)12-19)25-13-21-16-40(30(41)39-28(21)38-25)22-8-7-20(26(14-22)44(3,42)43)15-37-18(2)9-10-36-29(34)35/h7-8,11-14,16-18,37H,4-6,9-10,15,33H2,1-3H3,(H4,34,35,36)(H,38,39,41)/t17-,18-/m0/s1. The molecule has 236 valence electrons. The van der Waals surface area contributed by atoms with Gasteiger partial charge in [0.15, 0.2) is 21.6 Å². The normalized spacial score (nSPS) is 13.2. The second-order valence-electron chi connectivity index (χ2n) is 11.2. The maximum atomic E-state index is 15.1. The fourth-order valence-corrected chi connectivity index (χ4v) is 6.13. The summed E-state index contributed by atoms with van der Waals surface area (Å²) in [4.78, 5) is 20.3. The first-order valence-electron chi connectivity index (χ1n) is 14.2. The molecule has 0 aliphatic carbocycles. The van der Waals surface area contributed by atoms with Crippen LogP contribution >= 0.6 is 11.6 Å². The summed E-state index contributed by atoms with van der Waals surface area (Å²) in [7, 11) is -3.65. The second-order valence-corrected chi connectivity index (χ2v) is 13.6. The van der Waals surface area contributed by atoms with Crippen LogP contribution < -0.4 is 27.8 Å². The lowest BCUT2D eigenvalue weighted by molar-refractivity contribution is 0.507. The monoisotopic (exact) mass is 644 g/mol. The van der Waals surface area contributed by atoms with Gasteiger partial charge in [0.1, 0.15) is 5.65 Å². The Balaban J connectivity index is 1.64. The molecule has 0 aliphatic heterocycles. The van der Waals surface area contributed by atoms with E-state index in [2.05, 4.69) is 20.6 Å². The van der Waals surface area contributed by atoms with E-state index in [0.29, 0.717) is 41.7 Å². The molecule has 2 heterocycles. The van der Waals surface area contributed by atoms with Gasteiger partial charge in [-0.25, -0.2) is 17.6 Å². The van der Waals surface area contributed by atoms with E-state index in [1.165, 1.54) is 10.6 Å². The number of fused-ring (bicyclic) bond motifs is 1. The number of aryl methyl sites for hydroxylation is 1. The first-order chi connectivity index (χ1) is 20.7. The molecule has 14 heteroatoms. The van der Waals surface area contributed by atoms with Crippen molar-refractivity contribution in [2.45, 2.75) is 63.1 Å². The molecular formula is C30H38ClFN8O3S. The first-order valence-corrected chi connectivity index (χ1v) is 16.5. The predicted molar refractivity (Wildman–Crippen MR) is 173 cm³/mol. The van der Waals surface area contributed by atoms with E-state index < -0.39 is 21.3 Å². The summed E-state index contributed by atoms with van der Waals surface area (Å²) in [6, 6.07) is 9.85. The first kappa shape index (κ1) is 33.1. The molecular weight excluding hydrogens is 607 g/mol. The van der Waals surface area contributed by atoms with Crippen LogP contribution in [0.3, 0.4) is 0 Å². The van der Waals surface area contributed by atoms with Gasteiger partial charge in [0.25, 0.3) is 0 Å². The van der Waals surface area contributed by atoms with E-state index in [9.17, 15) is 13.2 Å². The molecule has 0 amide bonds. The molecule has 0 bridgehead atoms. The third kappa shape index (κ3) is 8.23. The fourth-order valence-electron chi connectivity index (χ4n) is 4.93. The quantitative estimate of drug-likeness (QED) is 0.0941. The van der Waals surface area contributed by atoms with E-state index in [1.807, 2.05) is 13.8 Å². The lowest BCUT2D eigenvalue weighted by atomic mass is 10.0. The van der Waals surface area contributed by atoms with Gasteiger partial charge in [0, 0.05) is 48.6 Å². The molecule has 4 aromatic rings. The molecule has 0 saturated heterocycles. The zero-order valence-corrected chi connectivity index (χ0v) is 26.4. The van der Waals surface area contributed by atoms with Crippen molar-refractivity contribution in [3.05, 3.63) is 75.0 Å². The van der Waals surface area contributed by atoms with Crippen molar-refractivity contribution < 1.29 is 12.8 Å². The molecule has 2 atom stereocenters. The third-order valence-electron chi connectivity index (χ3n) is 7.27. The van der Waals surface area contributed by atoms with Crippen LogP contribution in [0.15, 0.2) is 52.3 Å². The van der Waals surface area contributed by atoms with E-state index in [0.717, 1.165) is 24.7 Å². The number of nitrogens with two attached hydrogens (primary N) is 2. The van der Waals surface area contributed by atoms with E-state index in [-0.39, 0.29) is 45.7 Å². The number of hydrogen-bond acceptors (Lipinski definition) is 7. The molecule has 8 N–H and O–H groups in total. The van der Waals surface area contributed by atoms with Crippen molar-refractivity contribution in [2.75, 3.05) is 12.8 Å². The van der Waals surface area contributed by atoms with Gasteiger partial charge in [0.05, 0.1) is 21.3 Å². The number of H-pyrrole nitrogens is 1. The Bertz CT molecular complexity index is 1840. The number of aromatic amines is 1. The largest absolute Gasteiger partial charge is 0.370 e. The van der Waals surface area contributed by atoms with Gasteiger partial charge in [-0.1, -0.05) is 17.7 Å². The Hall–Kier alpha value is -3.78. The molecule has 0 aliphatic rings. The summed E-state index contributed by atoms with van der Waals surface area (Å²) in [5.74, 6) is -0.698. The molecule has 2 aromatic carbocycles. The van der Waals surface area contributed by atoms with Gasteiger partial charge >= 0.3 is 5.69 Å². The van der Waals surface area contributed by atoms with Crippen LogP contribution in [0.1, 0.15) is 44.2 Å². The highest BCUT2D eigenvalue weighted by Crippen LogP contribution is 2.31. The summed E-state index contributed by atoms with van der Waals surface area (Å²) in [5, 5.41) is 13.8. The highest BCUT2D eigenvalue weighted by atomic mass is 35.5. The van der Waals surface area contributed by atoms with Crippen LogP contribution in [-0.2, 0) is 22.8 Å². The van der Waals surface area contributed by atoms with E-state index in [4.69, 9.17) is 28.5 Å². The Labute approximate surface area is 260 Å². The maximum absolute atomic E-state index is 15.1. The zero-order valence-electron chi connectivity index (χ0n) is 24.9. The van der Waals surface area contributed by atoms with Crippen LogP contribution in [0, 0.1) is 11.2 Å². The van der Waals surface area contributed by atoms with Crippen LogP contribution in [0.4, 0.5) is 4.39 Å². The maximum Gasteiger partial charge on any atom is 0.354 e. The lowest BCUT2D eigenvalue weighted by Crippen LogP contribution is -2.35. The van der Waals surface area contributed by atoms with Crippen molar-refractivity contribution in [1.29, 1.82) is 5.41 Å². The Morgan fingerprint density at radius 2 is 1.95 bits per heavy atom. The SMILES string of the molecule is C[C@H](N)CCCc1cc(Cl)c(F)c(-c2cc3cn(-c4ccc(CN[C@@H](C)CCNC(=N)N)c(S(C)(=O)=O)c4)c(=O)nc3[nH]2)c1. The average Bonchev–Trinajstić information content (AvgIpc) is 3.34. The number of rotatable bonds is 13. The van der Waals surface area contributed by atoms with Gasteiger partial charge in [-0.05, 0) is 81.0 Å². The molecule has 4 rings (SSSR count). The number of benzene rings is 2. The second kappa shape index (κ2) is 13.9. The summed E-state index contributed by atoms with van der Waals surface area (Å²) in [5.41, 5.74) is 13.2. The van der Waals surface area contributed by atoms with Gasteiger partial charge < -0.3 is 27.1 Å². The minimum absolute atomic E-state index is 0.00510. The molecule has 0 unspecified atom stereocenters. The molecule has 2 aromatic heterocycles. The molecule has 0 spiro atoms. The number of halogens is 2. The van der Waals surface area contributed by atoms with Crippen LogP contribution in [-0.4, -0.2) is 53.8 Å². The fraction of sp³-hybridized carbons (Fsp3) is 0.367. The van der Waals surface area contributed by atoms with Crippen LogP contribution in [0.5, 0.6) is 0 Å². The molecule has 44 heavy (non-hydrogen) atoms. The lowest BCUT2D eigenvalue weighted by Gasteiger charge is -2.17. The van der Waals surface area contributed by atoms with Gasteiger partial charge in [-0.15, -0.1) is 0 Å². The van der Waals surface area contributed by atoms with Gasteiger partial charge in [-0.3, -0.25) is 9.98 Å².